The van der Waals surface area contributed by atoms with Gasteiger partial charge in [0, 0.05) is 6.04 Å². The summed E-state index contributed by atoms with van der Waals surface area (Å²) < 4.78 is 25.9. The van der Waals surface area contributed by atoms with Gasteiger partial charge in [-0.2, -0.15) is 0 Å². The van der Waals surface area contributed by atoms with Crippen molar-refractivity contribution >= 4 is 5.69 Å². The lowest BCUT2D eigenvalue weighted by atomic mass is 10.0. The third-order valence-corrected chi connectivity index (χ3v) is 2.76. The van der Waals surface area contributed by atoms with E-state index in [-0.39, 0.29) is 5.69 Å². The molecule has 1 aliphatic heterocycles. The number of benzene rings is 1. The minimum absolute atomic E-state index is 0.108. The van der Waals surface area contributed by atoms with Crippen molar-refractivity contribution in [2.24, 2.45) is 0 Å². The zero-order valence-corrected chi connectivity index (χ0v) is 8.39. The van der Waals surface area contributed by atoms with E-state index in [2.05, 4.69) is 5.32 Å². The molecule has 0 bridgehead atoms. The van der Waals surface area contributed by atoms with Crippen LogP contribution in [0.3, 0.4) is 0 Å². The molecule has 1 aromatic rings. The first-order chi connectivity index (χ1) is 7.16. The van der Waals surface area contributed by atoms with Gasteiger partial charge in [-0.15, -0.1) is 0 Å². The number of nitrogen functional groups attached to an aromatic ring is 1. The zero-order valence-electron chi connectivity index (χ0n) is 8.39. The molecule has 0 aromatic heterocycles. The van der Waals surface area contributed by atoms with Gasteiger partial charge in [0.05, 0.1) is 5.69 Å². The molecule has 0 saturated carbocycles. The van der Waals surface area contributed by atoms with Gasteiger partial charge in [-0.25, -0.2) is 8.78 Å². The fraction of sp³-hybridized carbons (Fsp3) is 0.455. The molecule has 2 nitrogen and oxygen atoms in total. The Morgan fingerprint density at radius 1 is 1.40 bits per heavy atom. The molecule has 4 heteroatoms. The maximum atomic E-state index is 13.0. The quantitative estimate of drug-likeness (QED) is 0.734. The highest BCUT2D eigenvalue weighted by Crippen LogP contribution is 2.19. The molecule has 3 N–H and O–H groups in total. The first kappa shape index (κ1) is 10.4. The highest BCUT2D eigenvalue weighted by atomic mass is 19.2. The van der Waals surface area contributed by atoms with Crippen molar-refractivity contribution in [1.29, 1.82) is 0 Å². The third-order valence-electron chi connectivity index (χ3n) is 2.76. The molecule has 1 atom stereocenters. The summed E-state index contributed by atoms with van der Waals surface area (Å²) in [7, 11) is 0. The smallest absolute Gasteiger partial charge is 0.181 e. The normalized spacial score (nSPS) is 20.8. The van der Waals surface area contributed by atoms with Crippen molar-refractivity contribution in [2.45, 2.75) is 25.3 Å². The maximum Gasteiger partial charge on any atom is 0.181 e. The molecule has 0 aliphatic carbocycles. The lowest BCUT2D eigenvalue weighted by Crippen LogP contribution is -2.23. The molecule has 82 valence electrons. The van der Waals surface area contributed by atoms with Gasteiger partial charge in [0.25, 0.3) is 0 Å². The van der Waals surface area contributed by atoms with Crippen LogP contribution in [0.15, 0.2) is 12.1 Å². The zero-order chi connectivity index (χ0) is 10.8. The van der Waals surface area contributed by atoms with Crippen molar-refractivity contribution in [2.75, 3.05) is 12.3 Å². The summed E-state index contributed by atoms with van der Waals surface area (Å²) in [6, 6.07) is 3.11. The van der Waals surface area contributed by atoms with E-state index in [0.717, 1.165) is 24.9 Å². The fourth-order valence-corrected chi connectivity index (χ4v) is 2.00. The number of anilines is 1. The number of rotatable bonds is 2. The Morgan fingerprint density at radius 3 is 2.80 bits per heavy atom. The van der Waals surface area contributed by atoms with Crippen LogP contribution in [0.4, 0.5) is 14.5 Å². The van der Waals surface area contributed by atoms with Crippen LogP contribution < -0.4 is 11.1 Å². The van der Waals surface area contributed by atoms with Crippen molar-refractivity contribution in [3.8, 4) is 0 Å². The predicted molar refractivity (Wildman–Crippen MR) is 55.5 cm³/mol. The Hall–Kier alpha value is -1.16. The summed E-state index contributed by atoms with van der Waals surface area (Å²) in [4.78, 5) is 0. The number of hydrogen-bond acceptors (Lipinski definition) is 2. The van der Waals surface area contributed by atoms with Gasteiger partial charge in [-0.1, -0.05) is 0 Å². The number of nitrogens with two attached hydrogens (primary N) is 1. The lowest BCUT2D eigenvalue weighted by Gasteiger charge is -2.11. The standard InChI is InChI=1S/C11H14F2N2/c12-9-5-7(6-10(14)11(9)13)4-8-2-1-3-15-8/h5-6,8,15H,1-4,14H2. The summed E-state index contributed by atoms with van der Waals surface area (Å²) in [6.45, 7) is 1.00. The first-order valence-electron chi connectivity index (χ1n) is 5.13. The largest absolute Gasteiger partial charge is 0.396 e. The molecule has 1 aromatic carbocycles. The van der Waals surface area contributed by atoms with E-state index in [1.54, 1.807) is 0 Å². The van der Waals surface area contributed by atoms with E-state index in [9.17, 15) is 8.78 Å². The fourth-order valence-electron chi connectivity index (χ4n) is 2.00. The molecule has 15 heavy (non-hydrogen) atoms. The van der Waals surface area contributed by atoms with Gasteiger partial charge < -0.3 is 11.1 Å². The van der Waals surface area contributed by atoms with Crippen LogP contribution in [-0.2, 0) is 6.42 Å². The van der Waals surface area contributed by atoms with Crippen LogP contribution in [0.5, 0.6) is 0 Å². The van der Waals surface area contributed by atoms with E-state index < -0.39 is 11.6 Å². The second kappa shape index (κ2) is 4.14. The second-order valence-corrected chi connectivity index (χ2v) is 3.98. The van der Waals surface area contributed by atoms with E-state index in [0.29, 0.717) is 12.5 Å². The Labute approximate surface area is 87.5 Å². The minimum atomic E-state index is -0.946. The van der Waals surface area contributed by atoms with Crippen molar-refractivity contribution < 1.29 is 8.78 Å². The summed E-state index contributed by atoms with van der Waals surface area (Å²) in [5, 5.41) is 3.30. The Bertz CT molecular complexity index is 337. The third kappa shape index (κ3) is 2.26. The van der Waals surface area contributed by atoms with Crippen LogP contribution in [-0.4, -0.2) is 12.6 Å². The van der Waals surface area contributed by atoms with E-state index in [1.165, 1.54) is 12.1 Å². The molecule has 1 unspecified atom stereocenters. The Morgan fingerprint density at radius 2 is 2.20 bits per heavy atom. The topological polar surface area (TPSA) is 38.0 Å². The summed E-state index contributed by atoms with van der Waals surface area (Å²) in [6.07, 6.45) is 2.93. The van der Waals surface area contributed by atoms with Gasteiger partial charge in [0.2, 0.25) is 0 Å². The van der Waals surface area contributed by atoms with Crippen LogP contribution in [0.1, 0.15) is 18.4 Å². The molecular weight excluding hydrogens is 198 g/mol. The SMILES string of the molecule is Nc1cc(CC2CCCN2)cc(F)c1F. The molecule has 0 radical (unpaired) electrons. The molecule has 1 saturated heterocycles. The predicted octanol–water partition coefficient (Wildman–Crippen LogP) is 1.84. The first-order valence-corrected chi connectivity index (χ1v) is 5.13. The molecule has 1 heterocycles. The molecule has 1 aliphatic rings. The molecule has 2 rings (SSSR count). The summed E-state index contributed by atoms with van der Waals surface area (Å²) >= 11 is 0. The molecule has 0 amide bonds. The van der Waals surface area contributed by atoms with E-state index in [1.807, 2.05) is 0 Å². The summed E-state index contributed by atoms with van der Waals surface area (Å²) in [5.74, 6) is -1.80. The van der Waals surface area contributed by atoms with Gasteiger partial charge in [0.15, 0.2) is 11.6 Å². The van der Waals surface area contributed by atoms with Crippen molar-refractivity contribution in [3.63, 3.8) is 0 Å². The summed E-state index contributed by atoms with van der Waals surface area (Å²) in [5.41, 5.74) is 6.01. The second-order valence-electron chi connectivity index (χ2n) is 3.98. The highest BCUT2D eigenvalue weighted by molar-refractivity contribution is 5.43. The van der Waals surface area contributed by atoms with Gasteiger partial charge in [-0.3, -0.25) is 0 Å². The van der Waals surface area contributed by atoms with Crippen LogP contribution in [0, 0.1) is 11.6 Å². The lowest BCUT2D eigenvalue weighted by molar-refractivity contribution is 0.508. The number of halogens is 2. The average molecular weight is 212 g/mol. The van der Waals surface area contributed by atoms with Gasteiger partial charge in [0.1, 0.15) is 0 Å². The minimum Gasteiger partial charge on any atom is -0.396 e. The van der Waals surface area contributed by atoms with Gasteiger partial charge >= 0.3 is 0 Å². The molecular formula is C11H14F2N2. The van der Waals surface area contributed by atoms with Crippen LogP contribution in [0.25, 0.3) is 0 Å². The molecule has 0 spiro atoms. The molecule has 1 fully saturated rings. The van der Waals surface area contributed by atoms with Crippen LogP contribution in [0.2, 0.25) is 0 Å². The maximum absolute atomic E-state index is 13.0. The monoisotopic (exact) mass is 212 g/mol. The van der Waals surface area contributed by atoms with E-state index >= 15 is 0 Å². The Balaban J connectivity index is 2.14. The number of hydrogen-bond donors (Lipinski definition) is 2. The van der Waals surface area contributed by atoms with Crippen molar-refractivity contribution in [1.82, 2.24) is 5.32 Å². The number of nitrogens with one attached hydrogen (secondary N) is 1. The highest BCUT2D eigenvalue weighted by Gasteiger charge is 2.16. The van der Waals surface area contributed by atoms with Crippen LogP contribution >= 0.6 is 0 Å². The average Bonchev–Trinajstić information content (AvgIpc) is 2.66. The van der Waals surface area contributed by atoms with Crippen molar-refractivity contribution in [3.05, 3.63) is 29.3 Å². The van der Waals surface area contributed by atoms with Gasteiger partial charge in [-0.05, 0) is 43.5 Å². The van der Waals surface area contributed by atoms with E-state index in [4.69, 9.17) is 5.73 Å². The Kier molecular flexibility index (Phi) is 2.86.